The number of hydrogen-bond acceptors (Lipinski definition) is 2. The van der Waals surface area contributed by atoms with Crippen molar-refractivity contribution in [2.45, 2.75) is 12.8 Å². The molecule has 94 valence electrons. The van der Waals surface area contributed by atoms with Gasteiger partial charge in [0.1, 0.15) is 5.76 Å². The minimum Gasteiger partial charge on any atom is -0.507 e. The first-order valence-corrected chi connectivity index (χ1v) is 6.28. The normalized spacial score (nSPS) is 17.4. The van der Waals surface area contributed by atoms with E-state index in [-0.39, 0.29) is 17.5 Å². The molecule has 1 N–H and O–H groups in total. The minimum absolute atomic E-state index is 0.0810. The summed E-state index contributed by atoms with van der Waals surface area (Å²) in [5.74, 6) is -0.116. The lowest BCUT2D eigenvalue weighted by atomic mass is 9.87. The van der Waals surface area contributed by atoms with Gasteiger partial charge in [-0.3, -0.25) is 4.79 Å². The van der Waals surface area contributed by atoms with Crippen molar-refractivity contribution in [3.8, 4) is 0 Å². The Kier molecular flexibility index (Phi) is 2.71. The van der Waals surface area contributed by atoms with Crippen LogP contribution < -0.4 is 0 Å². The lowest BCUT2D eigenvalue weighted by Gasteiger charge is -2.14. The van der Waals surface area contributed by atoms with Gasteiger partial charge in [-0.1, -0.05) is 54.6 Å². The van der Waals surface area contributed by atoms with E-state index in [1.807, 2.05) is 54.6 Å². The maximum atomic E-state index is 11.9. The van der Waals surface area contributed by atoms with Crippen molar-refractivity contribution >= 4 is 11.5 Å². The number of rotatable bonds is 2. The molecule has 0 fully saturated rings. The number of aliphatic hydroxyl groups excluding tert-OH is 1. The van der Waals surface area contributed by atoms with Crippen LogP contribution in [0.1, 0.15) is 29.5 Å². The molecule has 0 spiro atoms. The van der Waals surface area contributed by atoms with E-state index in [1.54, 1.807) is 0 Å². The van der Waals surface area contributed by atoms with Crippen LogP contribution in [0, 0.1) is 0 Å². The predicted molar refractivity (Wildman–Crippen MR) is 75.0 cm³/mol. The Morgan fingerprint density at radius 2 is 1.63 bits per heavy atom. The molecule has 1 atom stereocenters. The molecular formula is C17H14O2. The Hall–Kier alpha value is -2.35. The maximum Gasteiger partial charge on any atom is 0.160 e. The lowest BCUT2D eigenvalue weighted by molar-refractivity contribution is -0.113. The van der Waals surface area contributed by atoms with E-state index in [2.05, 4.69) is 0 Å². The average Bonchev–Trinajstić information content (AvgIpc) is 2.74. The van der Waals surface area contributed by atoms with Gasteiger partial charge in [-0.2, -0.15) is 0 Å². The Labute approximate surface area is 112 Å². The van der Waals surface area contributed by atoms with Gasteiger partial charge in [0.05, 0.1) is 0 Å². The molecule has 19 heavy (non-hydrogen) atoms. The Morgan fingerprint density at radius 3 is 2.32 bits per heavy atom. The number of hydrogen-bond donors (Lipinski definition) is 1. The van der Waals surface area contributed by atoms with Gasteiger partial charge in [-0.05, 0) is 18.1 Å². The number of allylic oxidation sites excluding steroid dienone is 1. The highest BCUT2D eigenvalue weighted by Gasteiger charge is 2.34. The summed E-state index contributed by atoms with van der Waals surface area (Å²) in [4.78, 5) is 11.9. The monoisotopic (exact) mass is 250 g/mol. The molecule has 0 aliphatic heterocycles. The smallest absolute Gasteiger partial charge is 0.160 e. The number of benzene rings is 2. The number of aliphatic hydroxyl groups is 1. The van der Waals surface area contributed by atoms with Crippen LogP contribution in [0.25, 0.3) is 5.76 Å². The Morgan fingerprint density at radius 1 is 1.00 bits per heavy atom. The van der Waals surface area contributed by atoms with E-state index in [0.29, 0.717) is 5.57 Å². The molecule has 0 saturated heterocycles. The van der Waals surface area contributed by atoms with Gasteiger partial charge in [-0.15, -0.1) is 0 Å². The summed E-state index contributed by atoms with van der Waals surface area (Å²) in [6.45, 7) is 1.51. The first-order chi connectivity index (χ1) is 9.20. The quantitative estimate of drug-likeness (QED) is 0.882. The molecule has 0 bridgehead atoms. The van der Waals surface area contributed by atoms with Crippen molar-refractivity contribution in [1.82, 2.24) is 0 Å². The Bertz CT molecular complexity index is 669. The molecule has 2 aromatic rings. The zero-order valence-electron chi connectivity index (χ0n) is 10.6. The molecule has 0 aromatic heterocycles. The molecule has 3 rings (SSSR count). The average molecular weight is 250 g/mol. The highest BCUT2D eigenvalue weighted by molar-refractivity contribution is 6.04. The van der Waals surface area contributed by atoms with E-state index in [1.165, 1.54) is 6.92 Å². The van der Waals surface area contributed by atoms with E-state index in [9.17, 15) is 9.90 Å². The van der Waals surface area contributed by atoms with E-state index in [4.69, 9.17) is 0 Å². The molecular weight excluding hydrogens is 236 g/mol. The van der Waals surface area contributed by atoms with Gasteiger partial charge in [0.25, 0.3) is 0 Å². The van der Waals surface area contributed by atoms with Gasteiger partial charge in [0.2, 0.25) is 0 Å². The summed E-state index contributed by atoms with van der Waals surface area (Å²) in [7, 11) is 0. The van der Waals surface area contributed by atoms with Crippen LogP contribution in [0.3, 0.4) is 0 Å². The van der Waals surface area contributed by atoms with E-state index >= 15 is 0 Å². The van der Waals surface area contributed by atoms with E-state index in [0.717, 1.165) is 16.7 Å². The lowest BCUT2D eigenvalue weighted by Crippen LogP contribution is -2.07. The summed E-state index contributed by atoms with van der Waals surface area (Å²) in [6.07, 6.45) is 0. The SMILES string of the molecule is CC(=O)C1=C(O)c2ccccc2[C@@H]1c1ccccc1. The third-order valence-corrected chi connectivity index (χ3v) is 3.58. The summed E-state index contributed by atoms with van der Waals surface area (Å²) in [6, 6.07) is 17.5. The van der Waals surface area contributed by atoms with Crippen molar-refractivity contribution < 1.29 is 9.90 Å². The molecule has 1 aliphatic carbocycles. The molecule has 0 unspecified atom stereocenters. The molecule has 0 amide bonds. The second kappa shape index (κ2) is 4.39. The molecule has 2 heteroatoms. The fourth-order valence-corrected chi connectivity index (χ4v) is 2.76. The number of ketones is 1. The first kappa shape index (κ1) is 11.7. The third kappa shape index (κ3) is 1.76. The van der Waals surface area contributed by atoms with Crippen LogP contribution in [0.4, 0.5) is 0 Å². The van der Waals surface area contributed by atoms with Crippen molar-refractivity contribution in [2.75, 3.05) is 0 Å². The molecule has 0 saturated carbocycles. The zero-order chi connectivity index (χ0) is 13.4. The number of Topliss-reactive ketones (excluding diaryl/α,β-unsaturated/α-hetero) is 1. The van der Waals surface area contributed by atoms with E-state index < -0.39 is 0 Å². The topological polar surface area (TPSA) is 37.3 Å². The van der Waals surface area contributed by atoms with Crippen LogP contribution in [0.2, 0.25) is 0 Å². The molecule has 0 radical (unpaired) electrons. The van der Waals surface area contributed by atoms with Crippen molar-refractivity contribution in [2.24, 2.45) is 0 Å². The van der Waals surface area contributed by atoms with Gasteiger partial charge in [-0.25, -0.2) is 0 Å². The summed E-state index contributed by atoms with van der Waals surface area (Å²) in [5.41, 5.74) is 3.29. The third-order valence-electron chi connectivity index (χ3n) is 3.58. The van der Waals surface area contributed by atoms with Gasteiger partial charge in [0, 0.05) is 17.1 Å². The van der Waals surface area contributed by atoms with Crippen molar-refractivity contribution in [3.05, 3.63) is 76.9 Å². The highest BCUT2D eigenvalue weighted by atomic mass is 16.3. The maximum absolute atomic E-state index is 11.9. The number of carbonyl (C=O) groups excluding carboxylic acids is 1. The van der Waals surface area contributed by atoms with Crippen LogP contribution in [0.5, 0.6) is 0 Å². The molecule has 1 aliphatic rings. The zero-order valence-corrected chi connectivity index (χ0v) is 10.6. The Balaban J connectivity index is 2.25. The van der Waals surface area contributed by atoms with Crippen LogP contribution in [-0.4, -0.2) is 10.9 Å². The van der Waals surface area contributed by atoms with Crippen LogP contribution in [0.15, 0.2) is 60.2 Å². The molecule has 0 heterocycles. The standard InChI is InChI=1S/C17H14O2/c1-11(18)15-16(12-7-3-2-4-8-12)13-9-5-6-10-14(13)17(15)19/h2-10,16,19H,1H3/t16-/m0/s1. The van der Waals surface area contributed by atoms with Gasteiger partial charge >= 0.3 is 0 Å². The number of fused-ring (bicyclic) bond motifs is 1. The summed E-state index contributed by atoms with van der Waals surface area (Å²) in [5, 5.41) is 10.3. The van der Waals surface area contributed by atoms with Crippen LogP contribution in [-0.2, 0) is 4.79 Å². The summed E-state index contributed by atoms with van der Waals surface area (Å²) < 4.78 is 0. The second-order valence-corrected chi connectivity index (χ2v) is 4.75. The van der Waals surface area contributed by atoms with Crippen molar-refractivity contribution in [1.29, 1.82) is 0 Å². The fourth-order valence-electron chi connectivity index (χ4n) is 2.76. The highest BCUT2D eigenvalue weighted by Crippen LogP contribution is 2.44. The predicted octanol–water partition coefficient (Wildman–Crippen LogP) is 3.69. The largest absolute Gasteiger partial charge is 0.507 e. The van der Waals surface area contributed by atoms with Crippen LogP contribution >= 0.6 is 0 Å². The van der Waals surface area contributed by atoms with Crippen molar-refractivity contribution in [3.63, 3.8) is 0 Å². The molecule has 2 aromatic carbocycles. The minimum atomic E-state index is -0.158. The molecule has 2 nitrogen and oxygen atoms in total. The first-order valence-electron chi connectivity index (χ1n) is 6.28. The van der Waals surface area contributed by atoms with Gasteiger partial charge in [0.15, 0.2) is 5.78 Å². The number of carbonyl (C=O) groups is 1. The fraction of sp³-hybridized carbons (Fsp3) is 0.118. The van der Waals surface area contributed by atoms with Gasteiger partial charge < -0.3 is 5.11 Å². The summed E-state index contributed by atoms with van der Waals surface area (Å²) >= 11 is 0. The second-order valence-electron chi connectivity index (χ2n) is 4.75.